The number of carbonyl (C=O) groups is 1. The van der Waals surface area contributed by atoms with Crippen molar-refractivity contribution in [3.63, 3.8) is 0 Å². The van der Waals surface area contributed by atoms with Gasteiger partial charge in [-0.05, 0) is 18.9 Å². The molecule has 0 saturated heterocycles. The normalized spacial score (nSPS) is 13.4. The highest BCUT2D eigenvalue weighted by atomic mass is 19.4. The second-order valence-electron chi connectivity index (χ2n) is 5.57. The van der Waals surface area contributed by atoms with Gasteiger partial charge in [0.15, 0.2) is 0 Å². The summed E-state index contributed by atoms with van der Waals surface area (Å²) in [5.74, 6) is -0.640. The zero-order valence-corrected chi connectivity index (χ0v) is 12.5. The number of nitrogens with one attached hydrogen (secondary N) is 1. The molecule has 2 rings (SSSR count). The van der Waals surface area contributed by atoms with E-state index in [1.54, 1.807) is 13.0 Å². The first-order valence-electron chi connectivity index (χ1n) is 6.97. The number of alkyl halides is 3. The topological polar surface area (TPSA) is 42.0 Å². The van der Waals surface area contributed by atoms with E-state index in [9.17, 15) is 18.0 Å². The van der Waals surface area contributed by atoms with Gasteiger partial charge in [-0.2, -0.15) is 13.2 Å². The highest BCUT2D eigenvalue weighted by Crippen LogP contribution is 2.36. The second kappa shape index (κ2) is 5.94. The lowest BCUT2D eigenvalue weighted by Crippen LogP contribution is -2.37. The molecule has 1 heterocycles. The van der Waals surface area contributed by atoms with Crippen LogP contribution in [0.2, 0.25) is 0 Å². The summed E-state index contributed by atoms with van der Waals surface area (Å²) < 4.78 is 40.3. The number of benzene rings is 1. The Morgan fingerprint density at radius 1 is 1.18 bits per heavy atom. The van der Waals surface area contributed by atoms with E-state index in [4.69, 9.17) is 0 Å². The number of rotatable bonds is 3. The standard InChI is InChI=1S/C16H17F3N2O/c1-9(2)10(3)21-15(22)12-8-20-13-7-5-4-6-11(13)14(12)16(17,18)19/h4-10H,1-3H3,(H,21,22). The third-order valence-electron chi connectivity index (χ3n) is 3.66. The zero-order valence-electron chi connectivity index (χ0n) is 12.5. The van der Waals surface area contributed by atoms with Crippen LogP contribution in [-0.2, 0) is 6.18 Å². The van der Waals surface area contributed by atoms with E-state index >= 15 is 0 Å². The van der Waals surface area contributed by atoms with Crippen molar-refractivity contribution >= 4 is 16.8 Å². The number of hydrogen-bond acceptors (Lipinski definition) is 2. The first kappa shape index (κ1) is 16.3. The van der Waals surface area contributed by atoms with E-state index in [0.717, 1.165) is 6.20 Å². The molecule has 2 aromatic rings. The molecule has 0 aliphatic heterocycles. The third kappa shape index (κ3) is 3.21. The van der Waals surface area contributed by atoms with Gasteiger partial charge in [-0.1, -0.05) is 32.0 Å². The van der Waals surface area contributed by atoms with E-state index < -0.39 is 23.2 Å². The number of nitrogens with zero attached hydrogens (tertiary/aromatic N) is 1. The van der Waals surface area contributed by atoms with Crippen molar-refractivity contribution in [1.29, 1.82) is 0 Å². The van der Waals surface area contributed by atoms with Gasteiger partial charge in [-0.3, -0.25) is 9.78 Å². The van der Waals surface area contributed by atoms with E-state index in [-0.39, 0.29) is 22.9 Å². The number of fused-ring (bicyclic) bond motifs is 1. The molecule has 22 heavy (non-hydrogen) atoms. The van der Waals surface area contributed by atoms with Gasteiger partial charge >= 0.3 is 6.18 Å². The van der Waals surface area contributed by atoms with Crippen LogP contribution in [0.25, 0.3) is 10.9 Å². The van der Waals surface area contributed by atoms with Gasteiger partial charge < -0.3 is 5.32 Å². The van der Waals surface area contributed by atoms with Crippen molar-refractivity contribution in [3.8, 4) is 0 Å². The van der Waals surface area contributed by atoms with Gasteiger partial charge in [-0.25, -0.2) is 0 Å². The average molecular weight is 310 g/mol. The first-order chi connectivity index (χ1) is 10.2. The van der Waals surface area contributed by atoms with Gasteiger partial charge in [0, 0.05) is 17.6 Å². The SMILES string of the molecule is CC(C)C(C)NC(=O)c1cnc2ccccc2c1C(F)(F)F. The van der Waals surface area contributed by atoms with Crippen molar-refractivity contribution in [1.82, 2.24) is 10.3 Å². The molecule has 1 atom stereocenters. The molecule has 0 saturated carbocycles. The van der Waals surface area contributed by atoms with Crippen LogP contribution in [0.5, 0.6) is 0 Å². The van der Waals surface area contributed by atoms with Crippen molar-refractivity contribution in [2.45, 2.75) is 33.0 Å². The summed E-state index contributed by atoms with van der Waals surface area (Å²) in [5, 5.41) is 2.52. The third-order valence-corrected chi connectivity index (χ3v) is 3.66. The maximum Gasteiger partial charge on any atom is 0.417 e. The molecular weight excluding hydrogens is 293 g/mol. The molecule has 1 aromatic carbocycles. The molecule has 0 bridgehead atoms. The van der Waals surface area contributed by atoms with Crippen LogP contribution >= 0.6 is 0 Å². The fourth-order valence-corrected chi connectivity index (χ4v) is 2.07. The van der Waals surface area contributed by atoms with Gasteiger partial charge in [0.1, 0.15) is 0 Å². The fraction of sp³-hybridized carbons (Fsp3) is 0.375. The number of pyridine rings is 1. The Balaban J connectivity index is 2.56. The van der Waals surface area contributed by atoms with Crippen LogP contribution in [0.15, 0.2) is 30.5 Å². The number of para-hydroxylation sites is 1. The quantitative estimate of drug-likeness (QED) is 0.930. The molecule has 0 fully saturated rings. The lowest BCUT2D eigenvalue weighted by Gasteiger charge is -2.20. The highest BCUT2D eigenvalue weighted by molar-refractivity contribution is 6.00. The second-order valence-corrected chi connectivity index (χ2v) is 5.57. The Labute approximate surface area is 126 Å². The minimum Gasteiger partial charge on any atom is -0.349 e. The smallest absolute Gasteiger partial charge is 0.349 e. The average Bonchev–Trinajstić information content (AvgIpc) is 2.44. The lowest BCUT2D eigenvalue weighted by atomic mass is 10.0. The highest BCUT2D eigenvalue weighted by Gasteiger charge is 2.37. The van der Waals surface area contributed by atoms with Gasteiger partial charge in [0.2, 0.25) is 0 Å². The molecule has 1 unspecified atom stereocenters. The molecule has 1 aromatic heterocycles. The van der Waals surface area contributed by atoms with E-state index in [1.165, 1.54) is 18.2 Å². The largest absolute Gasteiger partial charge is 0.417 e. The summed E-state index contributed by atoms with van der Waals surface area (Å²) in [7, 11) is 0. The van der Waals surface area contributed by atoms with Crippen molar-refractivity contribution < 1.29 is 18.0 Å². The Kier molecular flexibility index (Phi) is 4.39. The van der Waals surface area contributed by atoms with Crippen molar-refractivity contribution in [2.75, 3.05) is 0 Å². The number of hydrogen-bond donors (Lipinski definition) is 1. The van der Waals surface area contributed by atoms with E-state index in [0.29, 0.717) is 0 Å². The van der Waals surface area contributed by atoms with Crippen LogP contribution in [0.4, 0.5) is 13.2 Å². The maximum atomic E-state index is 13.4. The fourth-order valence-electron chi connectivity index (χ4n) is 2.07. The zero-order chi connectivity index (χ0) is 16.5. The summed E-state index contributed by atoms with van der Waals surface area (Å²) >= 11 is 0. The Morgan fingerprint density at radius 2 is 1.82 bits per heavy atom. The summed E-state index contributed by atoms with van der Waals surface area (Å²) in [4.78, 5) is 16.2. The number of amides is 1. The van der Waals surface area contributed by atoms with Crippen LogP contribution in [0, 0.1) is 5.92 Å². The number of aromatic nitrogens is 1. The van der Waals surface area contributed by atoms with Crippen LogP contribution < -0.4 is 5.32 Å². The molecule has 0 radical (unpaired) electrons. The number of carbonyl (C=O) groups excluding carboxylic acids is 1. The molecule has 0 aliphatic carbocycles. The van der Waals surface area contributed by atoms with Crippen molar-refractivity contribution in [2.24, 2.45) is 5.92 Å². The summed E-state index contributed by atoms with van der Waals surface area (Å²) in [6.45, 7) is 5.52. The minimum absolute atomic E-state index is 0.0696. The van der Waals surface area contributed by atoms with E-state index in [2.05, 4.69) is 10.3 Å². The lowest BCUT2D eigenvalue weighted by molar-refractivity contribution is -0.136. The molecule has 6 heteroatoms. The monoisotopic (exact) mass is 310 g/mol. The van der Waals surface area contributed by atoms with Crippen LogP contribution in [-0.4, -0.2) is 16.9 Å². The molecule has 3 nitrogen and oxygen atoms in total. The van der Waals surface area contributed by atoms with Crippen LogP contribution in [0.3, 0.4) is 0 Å². The molecule has 1 N–H and O–H groups in total. The molecule has 0 spiro atoms. The van der Waals surface area contributed by atoms with Crippen molar-refractivity contribution in [3.05, 3.63) is 41.6 Å². The Hall–Kier alpha value is -2.11. The summed E-state index contributed by atoms with van der Waals surface area (Å²) in [6, 6.07) is 5.69. The Morgan fingerprint density at radius 3 is 2.41 bits per heavy atom. The first-order valence-corrected chi connectivity index (χ1v) is 6.97. The van der Waals surface area contributed by atoms with Gasteiger partial charge in [-0.15, -0.1) is 0 Å². The molecule has 118 valence electrons. The predicted octanol–water partition coefficient (Wildman–Crippen LogP) is 4.03. The van der Waals surface area contributed by atoms with Gasteiger partial charge in [0.05, 0.1) is 16.6 Å². The van der Waals surface area contributed by atoms with E-state index in [1.807, 2.05) is 13.8 Å². The predicted molar refractivity (Wildman–Crippen MR) is 78.5 cm³/mol. The number of halogens is 3. The minimum atomic E-state index is -4.63. The maximum absolute atomic E-state index is 13.4. The Bertz CT molecular complexity index is 695. The molecule has 0 aliphatic rings. The van der Waals surface area contributed by atoms with Gasteiger partial charge in [0.25, 0.3) is 5.91 Å². The molecular formula is C16H17F3N2O. The summed E-state index contributed by atoms with van der Waals surface area (Å²) in [6.07, 6.45) is -3.64. The van der Waals surface area contributed by atoms with Crippen LogP contribution in [0.1, 0.15) is 36.7 Å². The summed E-state index contributed by atoms with van der Waals surface area (Å²) in [5.41, 5.74) is -1.17. The molecule has 1 amide bonds.